The molecule has 0 radical (unpaired) electrons. The van der Waals surface area contributed by atoms with Crippen LogP contribution in [-0.2, 0) is 19.5 Å². The first-order valence-electron chi connectivity index (χ1n) is 9.62. The van der Waals surface area contributed by atoms with E-state index in [-0.39, 0.29) is 24.0 Å². The molecule has 0 bridgehead atoms. The Kier molecular flexibility index (Phi) is 7.55. The van der Waals surface area contributed by atoms with Gasteiger partial charge in [-0.1, -0.05) is 12.1 Å². The summed E-state index contributed by atoms with van der Waals surface area (Å²) >= 11 is 3.65. The summed E-state index contributed by atoms with van der Waals surface area (Å²) in [4.78, 5) is 6.79. The number of para-hydroxylation sites is 1. The molecular weight excluding hydrogens is 533 g/mol. The second-order valence-electron chi connectivity index (χ2n) is 7.09. The van der Waals surface area contributed by atoms with E-state index in [9.17, 15) is 0 Å². The molecule has 0 spiro atoms. The van der Waals surface area contributed by atoms with Gasteiger partial charge in [0.05, 0.1) is 12.2 Å². The first-order valence-corrected chi connectivity index (χ1v) is 10.4. The molecule has 1 saturated heterocycles. The minimum Gasteiger partial charge on any atom is -0.368 e. The maximum absolute atomic E-state index is 4.39. The van der Waals surface area contributed by atoms with Crippen molar-refractivity contribution in [3.05, 3.63) is 40.4 Å². The zero-order chi connectivity index (χ0) is 18.6. The fourth-order valence-corrected chi connectivity index (χ4v) is 4.39. The van der Waals surface area contributed by atoms with E-state index in [1.54, 1.807) is 0 Å². The Morgan fingerprint density at radius 2 is 2.11 bits per heavy atom. The fourth-order valence-electron chi connectivity index (χ4n) is 3.86. The van der Waals surface area contributed by atoms with Gasteiger partial charge in [-0.05, 0) is 47.3 Å². The number of fused-ring (bicyclic) bond motifs is 1. The number of aromatic nitrogens is 3. The number of halogens is 2. The summed E-state index contributed by atoms with van der Waals surface area (Å²) in [5, 5.41) is 15.6. The third-order valence-corrected chi connectivity index (χ3v) is 5.97. The first-order chi connectivity index (χ1) is 13.2. The van der Waals surface area contributed by atoms with Crippen molar-refractivity contribution < 1.29 is 0 Å². The Hall–Kier alpha value is -1.36. The molecule has 1 aromatic carbocycles. The van der Waals surface area contributed by atoms with E-state index < -0.39 is 0 Å². The molecule has 7 nitrogen and oxygen atoms in total. The number of hydrogen-bond acceptors (Lipinski definition) is 4. The van der Waals surface area contributed by atoms with Gasteiger partial charge in [0, 0.05) is 43.6 Å². The predicted molar refractivity (Wildman–Crippen MR) is 126 cm³/mol. The molecular formula is C19H27BrIN7. The molecule has 2 aliphatic heterocycles. The lowest BCUT2D eigenvalue weighted by atomic mass is 10.2. The SMILES string of the molecule is CN=C(NCc1nnc2n1CCCC2)NC1CCN(c2ccccc2Br)C1.I. The normalized spacial score (nSPS) is 19.1. The molecule has 152 valence electrons. The lowest BCUT2D eigenvalue weighted by Gasteiger charge is -2.21. The molecule has 0 saturated carbocycles. The van der Waals surface area contributed by atoms with Crippen molar-refractivity contribution in [2.75, 3.05) is 25.0 Å². The zero-order valence-electron chi connectivity index (χ0n) is 16.1. The highest BCUT2D eigenvalue weighted by atomic mass is 127. The second-order valence-corrected chi connectivity index (χ2v) is 7.95. The van der Waals surface area contributed by atoms with Crippen LogP contribution in [0, 0.1) is 0 Å². The van der Waals surface area contributed by atoms with E-state index in [2.05, 4.69) is 69.4 Å². The van der Waals surface area contributed by atoms with E-state index in [0.717, 1.165) is 54.6 Å². The van der Waals surface area contributed by atoms with Crippen molar-refractivity contribution in [3.8, 4) is 0 Å². The van der Waals surface area contributed by atoms with Crippen molar-refractivity contribution >= 4 is 51.6 Å². The van der Waals surface area contributed by atoms with Crippen LogP contribution in [0.4, 0.5) is 5.69 Å². The van der Waals surface area contributed by atoms with Crippen LogP contribution in [0.25, 0.3) is 0 Å². The molecule has 0 amide bonds. The van der Waals surface area contributed by atoms with Gasteiger partial charge in [-0.15, -0.1) is 34.2 Å². The minimum absolute atomic E-state index is 0. The quantitative estimate of drug-likeness (QED) is 0.342. The lowest BCUT2D eigenvalue weighted by molar-refractivity contribution is 0.504. The molecule has 0 aliphatic carbocycles. The number of nitrogens with zero attached hydrogens (tertiary/aromatic N) is 5. The van der Waals surface area contributed by atoms with Gasteiger partial charge in [-0.2, -0.15) is 0 Å². The molecule has 4 rings (SSSR count). The van der Waals surface area contributed by atoms with Gasteiger partial charge >= 0.3 is 0 Å². The van der Waals surface area contributed by atoms with Crippen LogP contribution < -0.4 is 15.5 Å². The van der Waals surface area contributed by atoms with Gasteiger partial charge in [-0.25, -0.2) is 0 Å². The topological polar surface area (TPSA) is 70.4 Å². The molecule has 3 heterocycles. The standard InChI is InChI=1S/C19H26BrN7.HI/c1-21-19(22-12-18-25-24-17-8-4-5-10-27(17)18)23-14-9-11-26(13-14)16-7-3-2-6-15(16)20;/h2-3,6-7,14H,4-5,8-13H2,1H3,(H2,21,22,23);1H. The van der Waals surface area contributed by atoms with Crippen LogP contribution in [-0.4, -0.2) is 46.9 Å². The average Bonchev–Trinajstić information content (AvgIpc) is 3.32. The van der Waals surface area contributed by atoms with Crippen molar-refractivity contribution in [1.29, 1.82) is 0 Å². The molecule has 2 aliphatic rings. The Morgan fingerprint density at radius 3 is 2.93 bits per heavy atom. The predicted octanol–water partition coefficient (Wildman–Crippen LogP) is 2.94. The molecule has 1 fully saturated rings. The molecule has 9 heteroatoms. The smallest absolute Gasteiger partial charge is 0.191 e. The van der Waals surface area contributed by atoms with Crippen LogP contribution >= 0.6 is 39.9 Å². The van der Waals surface area contributed by atoms with Gasteiger partial charge in [0.1, 0.15) is 5.82 Å². The molecule has 2 N–H and O–H groups in total. The van der Waals surface area contributed by atoms with E-state index >= 15 is 0 Å². The van der Waals surface area contributed by atoms with Crippen molar-refractivity contribution in [1.82, 2.24) is 25.4 Å². The maximum atomic E-state index is 4.39. The summed E-state index contributed by atoms with van der Waals surface area (Å²) in [6, 6.07) is 8.76. The van der Waals surface area contributed by atoms with Crippen molar-refractivity contribution in [2.45, 2.75) is 44.8 Å². The molecule has 28 heavy (non-hydrogen) atoms. The third kappa shape index (κ3) is 4.79. The zero-order valence-corrected chi connectivity index (χ0v) is 20.0. The van der Waals surface area contributed by atoms with E-state index in [1.807, 2.05) is 13.1 Å². The Balaban J connectivity index is 0.00000225. The highest BCUT2D eigenvalue weighted by molar-refractivity contribution is 14.0. The number of rotatable bonds is 4. The summed E-state index contributed by atoms with van der Waals surface area (Å²) < 4.78 is 3.39. The number of anilines is 1. The highest BCUT2D eigenvalue weighted by Crippen LogP contribution is 2.28. The van der Waals surface area contributed by atoms with Crippen LogP contribution in [0.2, 0.25) is 0 Å². The van der Waals surface area contributed by atoms with E-state index in [1.165, 1.54) is 18.5 Å². The van der Waals surface area contributed by atoms with Crippen LogP contribution in [0.5, 0.6) is 0 Å². The number of hydrogen-bond donors (Lipinski definition) is 2. The van der Waals surface area contributed by atoms with Crippen molar-refractivity contribution in [3.63, 3.8) is 0 Å². The molecule has 1 unspecified atom stereocenters. The highest BCUT2D eigenvalue weighted by Gasteiger charge is 2.24. The average molecular weight is 560 g/mol. The van der Waals surface area contributed by atoms with Crippen LogP contribution in [0.1, 0.15) is 30.9 Å². The monoisotopic (exact) mass is 559 g/mol. The largest absolute Gasteiger partial charge is 0.368 e. The van der Waals surface area contributed by atoms with Gasteiger partial charge < -0.3 is 20.1 Å². The third-order valence-electron chi connectivity index (χ3n) is 5.30. The van der Waals surface area contributed by atoms with E-state index in [0.29, 0.717) is 12.6 Å². The summed E-state index contributed by atoms with van der Waals surface area (Å²) in [6.07, 6.45) is 4.54. The maximum Gasteiger partial charge on any atom is 0.191 e. The number of aliphatic imine (C=N–C) groups is 1. The van der Waals surface area contributed by atoms with Gasteiger partial charge in [-0.3, -0.25) is 4.99 Å². The number of guanidine groups is 1. The van der Waals surface area contributed by atoms with Crippen LogP contribution in [0.15, 0.2) is 33.7 Å². The summed E-state index contributed by atoms with van der Waals surface area (Å²) in [7, 11) is 1.81. The second kappa shape index (κ2) is 9.91. The molecule has 1 aromatic heterocycles. The van der Waals surface area contributed by atoms with Crippen molar-refractivity contribution in [2.24, 2.45) is 4.99 Å². The summed E-state index contributed by atoms with van der Waals surface area (Å²) in [5.41, 5.74) is 1.25. The number of aryl methyl sites for hydroxylation is 1. The fraction of sp³-hybridized carbons (Fsp3) is 0.526. The van der Waals surface area contributed by atoms with Gasteiger partial charge in [0.25, 0.3) is 0 Å². The Morgan fingerprint density at radius 1 is 1.25 bits per heavy atom. The van der Waals surface area contributed by atoms with Gasteiger partial charge in [0.2, 0.25) is 0 Å². The summed E-state index contributed by atoms with van der Waals surface area (Å²) in [5.74, 6) is 2.93. The lowest BCUT2D eigenvalue weighted by Crippen LogP contribution is -2.44. The Labute approximate surface area is 191 Å². The van der Waals surface area contributed by atoms with E-state index in [4.69, 9.17) is 0 Å². The Bertz CT molecular complexity index is 822. The molecule has 1 atom stereocenters. The number of benzene rings is 1. The summed E-state index contributed by atoms with van der Waals surface area (Å²) in [6.45, 7) is 3.67. The molecule has 2 aromatic rings. The first kappa shape index (κ1) is 21.4. The van der Waals surface area contributed by atoms with Crippen LogP contribution in [0.3, 0.4) is 0 Å². The van der Waals surface area contributed by atoms with Gasteiger partial charge in [0.15, 0.2) is 11.8 Å². The number of nitrogens with one attached hydrogen (secondary N) is 2. The minimum atomic E-state index is 0.